The molecule has 2 aromatic rings. The molecule has 0 saturated carbocycles. The second-order valence-electron chi connectivity index (χ2n) is 13.3. The highest BCUT2D eigenvalue weighted by atomic mass is 16.6. The van der Waals surface area contributed by atoms with Crippen molar-refractivity contribution >= 4 is 17.9 Å². The fourth-order valence-electron chi connectivity index (χ4n) is 5.29. The minimum absolute atomic E-state index is 0.0103. The first-order valence-electron chi connectivity index (χ1n) is 16.5. The van der Waals surface area contributed by atoms with E-state index in [-0.39, 0.29) is 25.3 Å². The monoisotopic (exact) mass is 640 g/mol. The maximum Gasteiger partial charge on any atom is 0.407 e. The molecule has 0 aromatic heterocycles. The second kappa shape index (κ2) is 19.4. The molecule has 0 saturated heterocycles. The molecule has 0 bridgehead atoms. The van der Waals surface area contributed by atoms with Crippen LogP contribution in [0.5, 0.6) is 0 Å². The number of likely N-dealkylation sites (N-methyl/N-ethyl adjacent to an activating group) is 1. The smallest absolute Gasteiger partial charge is 0.407 e. The maximum atomic E-state index is 13.7. The summed E-state index contributed by atoms with van der Waals surface area (Å²) in [7, 11) is 0. The van der Waals surface area contributed by atoms with Crippen LogP contribution in [0.1, 0.15) is 66.0 Å². The van der Waals surface area contributed by atoms with E-state index in [2.05, 4.69) is 20.9 Å². The van der Waals surface area contributed by atoms with Crippen LogP contribution < -0.4 is 16.0 Å². The third-order valence-electron chi connectivity index (χ3n) is 7.82. The zero-order chi connectivity index (χ0) is 34.3. The molecule has 0 aliphatic carbocycles. The van der Waals surface area contributed by atoms with E-state index in [1.165, 1.54) is 0 Å². The van der Waals surface area contributed by atoms with Crippen LogP contribution in [0.2, 0.25) is 0 Å². The molecule has 0 spiro atoms. The Balaban J connectivity index is 2.23. The van der Waals surface area contributed by atoms with Crippen molar-refractivity contribution in [1.82, 2.24) is 20.9 Å². The van der Waals surface area contributed by atoms with Crippen LogP contribution in [0.25, 0.3) is 0 Å². The van der Waals surface area contributed by atoms with Crippen molar-refractivity contribution in [2.24, 2.45) is 11.8 Å². The van der Waals surface area contributed by atoms with Crippen LogP contribution in [-0.4, -0.2) is 89.1 Å². The van der Waals surface area contributed by atoms with Gasteiger partial charge in [-0.2, -0.15) is 0 Å². The Bertz CT molecular complexity index is 1180. The number of nitrogens with one attached hydrogen (secondary N) is 3. The average Bonchev–Trinajstić information content (AvgIpc) is 2.99. The molecule has 5 N–H and O–H groups in total. The van der Waals surface area contributed by atoms with Crippen LogP contribution in [-0.2, 0) is 27.2 Å². The standard InChI is InChI=1S/C36H56N4O6/c1-8-40(9-2)24-29(41)23-37-32(25(3)4)34(44)39-33(43)28(20-26-16-12-10-13-17-26)22-31(42)30(21-27-18-14-11-15-19-27)38-35(45)46-36(5,6)7/h10-19,25,28-32,37,41-42H,8-9,20-24H2,1-7H3,(H,38,45)(H,39,43,44)/t28-,29+,30-,31-,32+/m0/s1. The van der Waals surface area contributed by atoms with Gasteiger partial charge in [0.25, 0.3) is 0 Å². The van der Waals surface area contributed by atoms with E-state index in [0.29, 0.717) is 13.0 Å². The maximum absolute atomic E-state index is 13.7. The Morgan fingerprint density at radius 2 is 1.39 bits per heavy atom. The summed E-state index contributed by atoms with van der Waals surface area (Å²) in [6, 6.07) is 17.4. The van der Waals surface area contributed by atoms with Crippen LogP contribution in [0, 0.1) is 11.8 Å². The van der Waals surface area contributed by atoms with Crippen LogP contribution >= 0.6 is 0 Å². The summed E-state index contributed by atoms with van der Waals surface area (Å²) in [4.78, 5) is 42.0. The van der Waals surface area contributed by atoms with Gasteiger partial charge in [0.15, 0.2) is 0 Å². The Kier molecular flexibility index (Phi) is 16.4. The lowest BCUT2D eigenvalue weighted by molar-refractivity contribution is -0.135. The highest BCUT2D eigenvalue weighted by Gasteiger charge is 2.32. The lowest BCUT2D eigenvalue weighted by Gasteiger charge is -2.29. The average molecular weight is 641 g/mol. The number of aliphatic hydroxyl groups excluding tert-OH is 2. The molecule has 46 heavy (non-hydrogen) atoms. The number of ether oxygens (including phenoxy) is 1. The molecule has 3 amide bonds. The Morgan fingerprint density at radius 1 is 0.848 bits per heavy atom. The number of nitrogens with zero attached hydrogens (tertiary/aromatic N) is 1. The zero-order valence-corrected chi connectivity index (χ0v) is 28.7. The van der Waals surface area contributed by atoms with E-state index in [9.17, 15) is 24.6 Å². The number of carbonyl (C=O) groups excluding carboxylic acids is 3. The zero-order valence-electron chi connectivity index (χ0n) is 28.7. The number of rotatable bonds is 18. The van der Waals surface area contributed by atoms with Gasteiger partial charge in [0.1, 0.15) is 5.60 Å². The molecule has 0 radical (unpaired) electrons. The van der Waals surface area contributed by atoms with E-state index in [1.807, 2.05) is 88.4 Å². The quantitative estimate of drug-likeness (QED) is 0.166. The predicted molar refractivity (Wildman–Crippen MR) is 181 cm³/mol. The Morgan fingerprint density at radius 3 is 1.89 bits per heavy atom. The minimum Gasteiger partial charge on any atom is -0.444 e. The highest BCUT2D eigenvalue weighted by Crippen LogP contribution is 2.20. The minimum atomic E-state index is -1.13. The molecule has 0 aliphatic heterocycles. The normalized spacial score (nSPS) is 15.1. The number of carbonyl (C=O) groups is 3. The van der Waals surface area contributed by atoms with Gasteiger partial charge in [-0.25, -0.2) is 4.79 Å². The third kappa shape index (κ3) is 14.4. The lowest BCUT2D eigenvalue weighted by atomic mass is 9.88. The van der Waals surface area contributed by atoms with Crippen molar-refractivity contribution < 1.29 is 29.3 Å². The molecule has 5 atom stereocenters. The summed E-state index contributed by atoms with van der Waals surface area (Å²) in [5.74, 6) is -1.93. The molecule has 10 nitrogen and oxygen atoms in total. The van der Waals surface area contributed by atoms with Gasteiger partial charge in [-0.05, 0) is 70.2 Å². The van der Waals surface area contributed by atoms with Crippen molar-refractivity contribution in [2.75, 3.05) is 26.2 Å². The third-order valence-corrected chi connectivity index (χ3v) is 7.82. The highest BCUT2D eigenvalue weighted by molar-refractivity contribution is 5.98. The molecular weight excluding hydrogens is 584 g/mol. The molecule has 256 valence electrons. The van der Waals surface area contributed by atoms with Gasteiger partial charge in [-0.1, -0.05) is 88.4 Å². The van der Waals surface area contributed by atoms with Gasteiger partial charge in [0.05, 0.1) is 24.3 Å². The molecule has 2 aromatic carbocycles. The van der Waals surface area contributed by atoms with E-state index in [4.69, 9.17) is 4.74 Å². The predicted octanol–water partition coefficient (Wildman–Crippen LogP) is 3.69. The fourth-order valence-corrected chi connectivity index (χ4v) is 5.29. The largest absolute Gasteiger partial charge is 0.444 e. The molecule has 0 aliphatic rings. The van der Waals surface area contributed by atoms with Gasteiger partial charge in [-0.3, -0.25) is 14.9 Å². The second-order valence-corrected chi connectivity index (χ2v) is 13.3. The van der Waals surface area contributed by atoms with Crippen molar-refractivity contribution in [2.45, 2.75) is 97.6 Å². The van der Waals surface area contributed by atoms with Crippen molar-refractivity contribution in [1.29, 1.82) is 0 Å². The molecule has 2 rings (SSSR count). The Hall–Kier alpha value is -3.31. The molecular formula is C36H56N4O6. The number of benzene rings is 2. The Labute approximate surface area is 275 Å². The summed E-state index contributed by atoms with van der Waals surface area (Å²) in [6.45, 7) is 15.4. The lowest BCUT2D eigenvalue weighted by Crippen LogP contribution is -2.53. The van der Waals surface area contributed by atoms with E-state index < -0.39 is 53.7 Å². The number of aliphatic hydroxyl groups is 2. The topological polar surface area (TPSA) is 140 Å². The van der Waals surface area contributed by atoms with Crippen molar-refractivity contribution in [3.05, 3.63) is 71.8 Å². The van der Waals surface area contributed by atoms with Crippen LogP contribution in [0.3, 0.4) is 0 Å². The SMILES string of the molecule is CCN(CC)C[C@H](O)CN[C@@H](C(=O)NC(=O)[C@@H](Cc1ccccc1)C[C@H](O)[C@H](Cc1ccccc1)NC(=O)OC(C)(C)C)C(C)C. The first-order chi connectivity index (χ1) is 21.7. The van der Waals surface area contributed by atoms with Gasteiger partial charge < -0.3 is 30.5 Å². The molecule has 0 unspecified atom stereocenters. The molecule has 0 fully saturated rings. The number of hydrogen-bond donors (Lipinski definition) is 5. The number of amides is 3. The van der Waals surface area contributed by atoms with E-state index in [0.717, 1.165) is 24.2 Å². The summed E-state index contributed by atoms with van der Waals surface area (Å²) < 4.78 is 5.47. The van der Waals surface area contributed by atoms with Crippen LogP contribution in [0.4, 0.5) is 4.79 Å². The summed E-state index contributed by atoms with van der Waals surface area (Å²) in [5.41, 5.74) is 1.04. The van der Waals surface area contributed by atoms with Gasteiger partial charge in [-0.15, -0.1) is 0 Å². The first-order valence-corrected chi connectivity index (χ1v) is 16.5. The van der Waals surface area contributed by atoms with E-state index >= 15 is 0 Å². The first kappa shape index (κ1) is 38.9. The van der Waals surface area contributed by atoms with Gasteiger partial charge in [0.2, 0.25) is 11.8 Å². The summed E-state index contributed by atoms with van der Waals surface area (Å²) in [5, 5.41) is 30.6. The van der Waals surface area contributed by atoms with Crippen molar-refractivity contribution in [3.8, 4) is 0 Å². The number of alkyl carbamates (subject to hydrolysis) is 1. The number of imide groups is 1. The van der Waals surface area contributed by atoms with Gasteiger partial charge >= 0.3 is 6.09 Å². The summed E-state index contributed by atoms with van der Waals surface area (Å²) >= 11 is 0. The molecule has 10 heteroatoms. The molecule has 0 heterocycles. The van der Waals surface area contributed by atoms with Crippen LogP contribution in [0.15, 0.2) is 60.7 Å². The van der Waals surface area contributed by atoms with Gasteiger partial charge in [0, 0.05) is 19.0 Å². The number of hydrogen-bond acceptors (Lipinski definition) is 8. The fraction of sp³-hybridized carbons (Fsp3) is 0.583. The summed E-state index contributed by atoms with van der Waals surface area (Å²) in [6.07, 6.45) is -1.88. The van der Waals surface area contributed by atoms with Crippen molar-refractivity contribution in [3.63, 3.8) is 0 Å². The van der Waals surface area contributed by atoms with E-state index in [1.54, 1.807) is 20.8 Å².